The lowest BCUT2D eigenvalue weighted by atomic mass is 9.80. The summed E-state index contributed by atoms with van der Waals surface area (Å²) in [6.45, 7) is 0.627. The van der Waals surface area contributed by atoms with Crippen molar-refractivity contribution in [3.63, 3.8) is 0 Å². The van der Waals surface area contributed by atoms with Gasteiger partial charge in [-0.15, -0.1) is 0 Å². The first kappa shape index (κ1) is 28.0. The molecular formula is C31H33N5O5. The summed E-state index contributed by atoms with van der Waals surface area (Å²) >= 11 is 0. The first-order valence-corrected chi connectivity index (χ1v) is 13.7. The fourth-order valence-corrected chi connectivity index (χ4v) is 4.91. The molecule has 2 aliphatic rings. The van der Waals surface area contributed by atoms with Gasteiger partial charge in [-0.1, -0.05) is 41.5 Å². The molecule has 3 aromatic rings. The van der Waals surface area contributed by atoms with E-state index in [2.05, 4.69) is 15.3 Å². The van der Waals surface area contributed by atoms with Crippen LogP contribution in [0.25, 0.3) is 10.4 Å². The van der Waals surface area contributed by atoms with Crippen LogP contribution < -0.4 is 14.8 Å². The highest BCUT2D eigenvalue weighted by Gasteiger charge is 2.54. The molecule has 2 N–H and O–H groups in total. The summed E-state index contributed by atoms with van der Waals surface area (Å²) in [5.74, 6) is 1.43. The molecule has 5 rings (SSSR count). The van der Waals surface area contributed by atoms with E-state index < -0.39 is 11.6 Å². The van der Waals surface area contributed by atoms with Crippen LogP contribution in [0.4, 0.5) is 0 Å². The minimum atomic E-state index is -1.34. The van der Waals surface area contributed by atoms with Crippen LogP contribution in [0.5, 0.6) is 11.5 Å². The molecule has 10 heteroatoms. The van der Waals surface area contributed by atoms with Gasteiger partial charge < -0.3 is 24.6 Å². The van der Waals surface area contributed by atoms with Gasteiger partial charge >= 0.3 is 0 Å². The molecule has 0 bridgehead atoms. The topological polar surface area (TPSA) is 138 Å². The Morgan fingerprint density at radius 3 is 2.61 bits per heavy atom. The molecular weight excluding hydrogens is 522 g/mol. The van der Waals surface area contributed by atoms with Crippen molar-refractivity contribution >= 4 is 11.8 Å². The summed E-state index contributed by atoms with van der Waals surface area (Å²) in [6, 6.07) is 22.5. The maximum atomic E-state index is 14.2. The van der Waals surface area contributed by atoms with Gasteiger partial charge in [0.25, 0.3) is 5.91 Å². The highest BCUT2D eigenvalue weighted by atomic mass is 16.5. The number of nitrogens with one attached hydrogen (secondary N) is 1. The van der Waals surface area contributed by atoms with Crippen LogP contribution in [-0.4, -0.2) is 48.8 Å². The van der Waals surface area contributed by atoms with E-state index in [-0.39, 0.29) is 31.5 Å². The average molecular weight is 556 g/mol. The zero-order valence-corrected chi connectivity index (χ0v) is 22.9. The fraction of sp³-hybridized carbons (Fsp3) is 0.355. The minimum absolute atomic E-state index is 0.0609. The third kappa shape index (κ3) is 6.45. The number of aliphatic hydroxyl groups is 1. The van der Waals surface area contributed by atoms with Gasteiger partial charge in [0.1, 0.15) is 11.5 Å². The second kappa shape index (κ2) is 12.8. The smallest absolute Gasteiger partial charge is 0.252 e. The molecule has 0 saturated heterocycles. The van der Waals surface area contributed by atoms with Crippen molar-refractivity contribution in [2.45, 2.75) is 49.9 Å². The number of aliphatic hydroxyl groups excluding tert-OH is 1. The number of aliphatic imine (C=N–C) groups is 1. The van der Waals surface area contributed by atoms with Crippen LogP contribution in [0.2, 0.25) is 0 Å². The Hall–Kier alpha value is -4.53. The Morgan fingerprint density at radius 2 is 1.90 bits per heavy atom. The Morgan fingerprint density at radius 1 is 1.12 bits per heavy atom. The third-order valence-electron chi connectivity index (χ3n) is 7.22. The van der Waals surface area contributed by atoms with Crippen molar-refractivity contribution in [1.82, 2.24) is 5.32 Å². The second-order valence-corrected chi connectivity index (χ2v) is 10.1. The van der Waals surface area contributed by atoms with E-state index >= 15 is 0 Å². The Bertz CT molecular complexity index is 1450. The summed E-state index contributed by atoms with van der Waals surface area (Å²) in [4.78, 5) is 22.2. The van der Waals surface area contributed by atoms with Gasteiger partial charge in [0.15, 0.2) is 11.6 Å². The van der Waals surface area contributed by atoms with Crippen molar-refractivity contribution in [2.75, 3.05) is 20.3 Å². The highest BCUT2D eigenvalue weighted by molar-refractivity contribution is 6.01. The number of methoxy groups -OCH3 is 1. The lowest BCUT2D eigenvalue weighted by Crippen LogP contribution is -2.50. The van der Waals surface area contributed by atoms with E-state index in [1.807, 2.05) is 72.8 Å². The zero-order chi connectivity index (χ0) is 28.7. The lowest BCUT2D eigenvalue weighted by Gasteiger charge is -2.31. The zero-order valence-electron chi connectivity index (χ0n) is 22.9. The number of nitrogens with zero attached hydrogens (tertiary/aromatic N) is 4. The largest absolute Gasteiger partial charge is 0.497 e. The molecule has 0 unspecified atom stereocenters. The summed E-state index contributed by atoms with van der Waals surface area (Å²) in [7, 11) is 1.60. The average Bonchev–Trinajstić information content (AvgIpc) is 3.74. The van der Waals surface area contributed by atoms with Crippen LogP contribution in [0.15, 0.2) is 82.9 Å². The maximum Gasteiger partial charge on any atom is 0.252 e. The van der Waals surface area contributed by atoms with Crippen LogP contribution >= 0.6 is 0 Å². The molecule has 0 spiro atoms. The molecule has 1 saturated carbocycles. The van der Waals surface area contributed by atoms with Crippen LogP contribution in [-0.2, 0) is 22.5 Å². The van der Waals surface area contributed by atoms with Crippen LogP contribution in [0, 0.1) is 0 Å². The second-order valence-electron chi connectivity index (χ2n) is 10.1. The SMILES string of the molecule is COc1cccc([C@H]2OC(c3ccc(OCCCO)cc3)=N[C@@]2(Cc2ccccc2CN=[N+]=[N-])C(=O)NC2CC2)c1. The van der Waals surface area contributed by atoms with E-state index in [4.69, 9.17) is 29.8 Å². The Balaban J connectivity index is 1.59. The lowest BCUT2D eigenvalue weighted by molar-refractivity contribution is -0.129. The highest BCUT2D eigenvalue weighted by Crippen LogP contribution is 2.44. The molecule has 3 aromatic carbocycles. The number of benzene rings is 3. The molecule has 10 nitrogen and oxygen atoms in total. The molecule has 1 amide bonds. The minimum Gasteiger partial charge on any atom is -0.497 e. The molecule has 1 aliphatic carbocycles. The summed E-state index contributed by atoms with van der Waals surface area (Å²) in [5.41, 5.74) is 10.7. The predicted molar refractivity (Wildman–Crippen MR) is 154 cm³/mol. The Labute approximate surface area is 238 Å². The maximum absolute atomic E-state index is 14.2. The molecule has 212 valence electrons. The summed E-state index contributed by atoms with van der Waals surface area (Å²) in [5, 5.41) is 16.0. The number of carbonyl (C=O) groups is 1. The molecule has 1 fully saturated rings. The number of ether oxygens (including phenoxy) is 3. The van der Waals surface area contributed by atoms with Gasteiger partial charge in [0, 0.05) is 36.0 Å². The van der Waals surface area contributed by atoms with Gasteiger partial charge in [-0.05, 0) is 71.5 Å². The fourth-order valence-electron chi connectivity index (χ4n) is 4.91. The number of carbonyl (C=O) groups excluding carboxylic acids is 1. The van der Waals surface area contributed by atoms with Gasteiger partial charge in [-0.2, -0.15) is 0 Å². The number of amides is 1. The van der Waals surface area contributed by atoms with E-state index in [1.54, 1.807) is 7.11 Å². The Kier molecular flexibility index (Phi) is 8.72. The van der Waals surface area contributed by atoms with Crippen molar-refractivity contribution in [1.29, 1.82) is 0 Å². The summed E-state index contributed by atoms with van der Waals surface area (Å²) < 4.78 is 17.8. The van der Waals surface area contributed by atoms with Crippen molar-refractivity contribution in [3.8, 4) is 11.5 Å². The number of hydrogen-bond acceptors (Lipinski definition) is 7. The molecule has 41 heavy (non-hydrogen) atoms. The van der Waals surface area contributed by atoms with E-state index in [9.17, 15) is 4.79 Å². The molecule has 2 atom stereocenters. The van der Waals surface area contributed by atoms with E-state index in [0.717, 1.165) is 29.5 Å². The number of hydrogen-bond donors (Lipinski definition) is 2. The molecule has 1 aliphatic heterocycles. The quantitative estimate of drug-likeness (QED) is 0.132. The first-order valence-electron chi connectivity index (χ1n) is 13.7. The third-order valence-corrected chi connectivity index (χ3v) is 7.22. The number of azide groups is 1. The van der Waals surface area contributed by atoms with Crippen LogP contribution in [0.3, 0.4) is 0 Å². The monoisotopic (exact) mass is 555 g/mol. The van der Waals surface area contributed by atoms with Gasteiger partial charge in [0.05, 0.1) is 20.3 Å². The van der Waals surface area contributed by atoms with E-state index in [0.29, 0.717) is 36.0 Å². The van der Waals surface area contributed by atoms with Gasteiger partial charge in [0.2, 0.25) is 5.90 Å². The molecule has 0 aromatic heterocycles. The van der Waals surface area contributed by atoms with Gasteiger partial charge in [-0.25, -0.2) is 4.99 Å². The summed E-state index contributed by atoms with van der Waals surface area (Å²) in [6.07, 6.45) is 1.87. The number of rotatable bonds is 13. The standard InChI is InChI=1S/C31H33N5O5/c1-39-27-9-4-8-22(18-27)28-31(30(38)34-25-12-13-25,19-23-6-2-3-7-24(23)20-33-36-32)35-29(41-28)21-10-14-26(15-11-21)40-17-5-16-37/h2-4,6-11,14-15,18,25,28,37H,5,12-13,16-17,19-20H2,1H3,(H,34,38)/t28-,31-/m1/s1. The van der Waals surface area contributed by atoms with Gasteiger partial charge in [-0.3, -0.25) is 4.79 Å². The first-order chi connectivity index (χ1) is 20.1. The van der Waals surface area contributed by atoms with Crippen molar-refractivity contribution in [3.05, 3.63) is 105 Å². The van der Waals surface area contributed by atoms with Crippen molar-refractivity contribution < 1.29 is 24.1 Å². The van der Waals surface area contributed by atoms with Crippen LogP contribution in [0.1, 0.15) is 47.6 Å². The molecule has 0 radical (unpaired) electrons. The van der Waals surface area contributed by atoms with E-state index in [1.165, 1.54) is 0 Å². The predicted octanol–water partition coefficient (Wildman–Crippen LogP) is 5.04. The normalized spacial score (nSPS) is 19.5. The molecule has 1 heterocycles. The van der Waals surface area contributed by atoms with Crippen molar-refractivity contribution in [2.24, 2.45) is 10.1 Å².